The monoisotopic (exact) mass is 799 g/mol. The van der Waals surface area contributed by atoms with Crippen molar-refractivity contribution in [1.29, 1.82) is 0 Å². The lowest BCUT2D eigenvalue weighted by atomic mass is 10.1. The molecule has 4 unspecified atom stereocenters. The first-order valence-electron chi connectivity index (χ1n) is 18.1. The van der Waals surface area contributed by atoms with Crippen molar-refractivity contribution in [1.82, 2.24) is 9.80 Å². The van der Waals surface area contributed by atoms with Crippen LogP contribution in [0.5, 0.6) is 23.0 Å². The Kier molecular flexibility index (Phi) is 12.1. The first-order valence-corrected chi connectivity index (χ1v) is 21.9. The zero-order valence-corrected chi connectivity index (χ0v) is 32.0. The molecule has 4 heterocycles. The number of alkyl halides is 2. The van der Waals surface area contributed by atoms with E-state index in [1.807, 2.05) is 0 Å². The number of rotatable bonds is 16. The lowest BCUT2D eigenvalue weighted by molar-refractivity contribution is 0.0730. The quantitative estimate of drug-likeness (QED) is 0.109. The Morgan fingerprint density at radius 2 is 1.37 bits per heavy atom. The fourth-order valence-electron chi connectivity index (χ4n) is 7.76. The van der Waals surface area contributed by atoms with Gasteiger partial charge in [0.2, 0.25) is 0 Å². The number of carbonyl (C=O) groups excluding carboxylic acids is 2. The zero-order valence-electron chi connectivity index (χ0n) is 30.3. The van der Waals surface area contributed by atoms with Gasteiger partial charge in [0.05, 0.1) is 82.3 Å². The average Bonchev–Trinajstić information content (AvgIpc) is 3.66. The van der Waals surface area contributed by atoms with Gasteiger partial charge in [0.25, 0.3) is 21.9 Å². The number of anilines is 2. The van der Waals surface area contributed by atoms with Crippen LogP contribution in [0.2, 0.25) is 0 Å². The first-order chi connectivity index (χ1) is 25.7. The van der Waals surface area contributed by atoms with Crippen LogP contribution in [0.1, 0.15) is 52.8 Å². The molecule has 4 aliphatic heterocycles. The molecule has 0 aliphatic carbocycles. The lowest BCUT2D eigenvalue weighted by Crippen LogP contribution is -2.47. The van der Waals surface area contributed by atoms with Crippen LogP contribution in [0.25, 0.3) is 0 Å². The zero-order chi connectivity index (χ0) is 38.8. The molecular formula is C35H48F2N5O10PS. The summed E-state index contributed by atoms with van der Waals surface area (Å²) in [5, 5.41) is 4.32. The second kappa shape index (κ2) is 16.5. The number of halogens is 2. The lowest BCUT2D eigenvalue weighted by Gasteiger charge is -2.26. The molecule has 19 heteroatoms. The van der Waals surface area contributed by atoms with Crippen LogP contribution in [-0.4, -0.2) is 136 Å². The molecule has 0 saturated carbocycles. The van der Waals surface area contributed by atoms with E-state index in [4.69, 9.17) is 24.7 Å². The minimum atomic E-state index is -4.73. The molecule has 6 atom stereocenters. The van der Waals surface area contributed by atoms with Crippen molar-refractivity contribution < 1.29 is 54.9 Å². The van der Waals surface area contributed by atoms with Crippen LogP contribution in [-0.2, 0) is 14.7 Å². The van der Waals surface area contributed by atoms with E-state index >= 15 is 0 Å². The van der Waals surface area contributed by atoms with Gasteiger partial charge in [-0.3, -0.25) is 14.1 Å². The maximum Gasteiger partial charge on any atom is 0.288 e. The van der Waals surface area contributed by atoms with Gasteiger partial charge in [-0.05, 0) is 37.9 Å². The minimum absolute atomic E-state index is 0.0443. The largest absolute Gasteiger partial charge is 0.493 e. The topological polar surface area (TPSA) is 199 Å². The number of nitrogens with zero attached hydrogens (tertiary/aromatic N) is 2. The van der Waals surface area contributed by atoms with Crippen molar-refractivity contribution in [3.63, 3.8) is 0 Å². The summed E-state index contributed by atoms with van der Waals surface area (Å²) in [7, 11) is -4.60. The summed E-state index contributed by atoms with van der Waals surface area (Å²) in [6.45, 7) is 0.910. The number of hydrogen-bond donors (Lipinski definition) is 4. The van der Waals surface area contributed by atoms with Gasteiger partial charge in [0.15, 0.2) is 28.4 Å². The van der Waals surface area contributed by atoms with E-state index in [1.54, 1.807) is 17.0 Å². The summed E-state index contributed by atoms with van der Waals surface area (Å²) in [5.41, 5.74) is 6.86. The normalized spacial score (nSPS) is 24.5. The van der Waals surface area contributed by atoms with E-state index in [-0.39, 0.29) is 73.8 Å². The number of fused-ring (bicyclic) bond motifs is 4. The second-order valence-corrected chi connectivity index (χ2v) is 19.1. The molecule has 2 aromatic carbocycles. The second-order valence-electron chi connectivity index (χ2n) is 14.1. The van der Waals surface area contributed by atoms with Crippen LogP contribution < -0.4 is 35.3 Å². The molecule has 2 fully saturated rings. The smallest absolute Gasteiger partial charge is 0.288 e. The number of benzene rings is 2. The third-order valence-electron chi connectivity index (χ3n) is 10.4. The Morgan fingerprint density at radius 1 is 0.833 bits per heavy atom. The van der Waals surface area contributed by atoms with E-state index in [0.29, 0.717) is 73.6 Å². The molecule has 2 saturated heterocycles. The molecule has 298 valence electrons. The molecule has 0 spiro atoms. The van der Waals surface area contributed by atoms with Gasteiger partial charge in [-0.15, -0.1) is 0 Å². The van der Waals surface area contributed by atoms with Gasteiger partial charge in [0, 0.05) is 50.0 Å². The third-order valence-corrected chi connectivity index (χ3v) is 14.9. The predicted molar refractivity (Wildman–Crippen MR) is 198 cm³/mol. The molecule has 0 aromatic heterocycles. The van der Waals surface area contributed by atoms with Crippen molar-refractivity contribution in [2.75, 3.05) is 82.7 Å². The van der Waals surface area contributed by atoms with E-state index in [2.05, 4.69) is 10.6 Å². The molecular weight excluding hydrogens is 751 g/mol. The number of hydrogen-bond acceptors (Lipinski definition) is 12. The number of amides is 2. The van der Waals surface area contributed by atoms with Gasteiger partial charge < -0.3 is 49.7 Å². The number of ether oxygens (including phenoxy) is 4. The van der Waals surface area contributed by atoms with Crippen LogP contribution in [0.15, 0.2) is 24.3 Å². The molecule has 0 bridgehead atoms. The highest BCUT2D eigenvalue weighted by Crippen LogP contribution is 2.48. The number of methoxy groups -OCH3 is 2. The molecule has 5 N–H and O–H groups in total. The summed E-state index contributed by atoms with van der Waals surface area (Å²) >= 11 is 0. The maximum atomic E-state index is 14.3. The summed E-state index contributed by atoms with van der Waals surface area (Å²) in [5.74, 6) is 0.301. The molecule has 15 nitrogen and oxygen atoms in total. The summed E-state index contributed by atoms with van der Waals surface area (Å²) < 4.78 is 100. The number of nitrogens with one attached hydrogen (secondary N) is 2. The van der Waals surface area contributed by atoms with Crippen molar-refractivity contribution in [2.45, 2.75) is 61.9 Å². The third kappa shape index (κ3) is 8.51. The number of carbonyl (C=O) groups is 2. The molecule has 2 aromatic rings. The van der Waals surface area contributed by atoms with E-state index in [1.165, 1.54) is 26.4 Å². The standard InChI is InChI=1S/C35H48F2N5O10PS/c1-49-29-14-24-26(39-18-23-12-21(36)19-41(23)34(24)43)16-31(29)51-7-4-10-53(45,9-3-6-38)11-5-8-52-32-17-27-25(15-30(32)50-2)35(44)42-20-22(37)13-28(42)33(40-27)54(46,47)48/h14-17,21-23,28,33,39-40H,3-13,18-20,38H2,1-2H3,(H,46,47,48)/t21?,22?,23-,28-,33?,53?/m0/s1. The van der Waals surface area contributed by atoms with E-state index in [9.17, 15) is 35.9 Å². The van der Waals surface area contributed by atoms with Crippen LogP contribution >= 0.6 is 7.14 Å². The molecule has 6 rings (SSSR count). The summed E-state index contributed by atoms with van der Waals surface area (Å²) in [4.78, 5) is 29.3. The van der Waals surface area contributed by atoms with Gasteiger partial charge in [-0.2, -0.15) is 8.42 Å². The SMILES string of the molecule is COc1cc2c(cc1OCCCP(=O)(CCCN)CCCOc1cc3c(cc1OC)C(=O)N1CC(F)C[C@H]1C(S(=O)(=O)O)N3)NC[C@@H]1CC(F)CN1C2=O. The Hall–Kier alpha value is -3.86. The van der Waals surface area contributed by atoms with Crippen molar-refractivity contribution in [3.05, 3.63) is 35.4 Å². The Balaban J connectivity index is 1.07. The van der Waals surface area contributed by atoms with Crippen molar-refractivity contribution >= 4 is 40.4 Å². The van der Waals surface area contributed by atoms with Gasteiger partial charge in [0.1, 0.15) is 12.3 Å². The molecule has 4 aliphatic rings. The van der Waals surface area contributed by atoms with Gasteiger partial charge in [-0.25, -0.2) is 8.78 Å². The maximum absolute atomic E-state index is 14.3. The highest BCUT2D eigenvalue weighted by atomic mass is 32.2. The fraction of sp³-hybridized carbons (Fsp3) is 0.600. The van der Waals surface area contributed by atoms with Gasteiger partial charge >= 0.3 is 0 Å². The number of nitrogens with two attached hydrogens (primary N) is 1. The molecule has 0 radical (unpaired) electrons. The van der Waals surface area contributed by atoms with E-state index < -0.39 is 46.9 Å². The van der Waals surface area contributed by atoms with Crippen LogP contribution in [0.4, 0.5) is 20.2 Å². The Labute approximate surface area is 313 Å². The minimum Gasteiger partial charge on any atom is -0.493 e. The van der Waals surface area contributed by atoms with Crippen molar-refractivity contribution in [2.24, 2.45) is 5.73 Å². The molecule has 2 amide bonds. The first kappa shape index (κ1) is 39.8. The highest BCUT2D eigenvalue weighted by Gasteiger charge is 2.48. The molecule has 54 heavy (non-hydrogen) atoms. The Bertz CT molecular complexity index is 1890. The highest BCUT2D eigenvalue weighted by molar-refractivity contribution is 7.86. The fourth-order valence-corrected chi connectivity index (χ4v) is 11.5. The summed E-state index contributed by atoms with van der Waals surface area (Å²) in [6.07, 6.45) is 0.179. The van der Waals surface area contributed by atoms with Crippen LogP contribution in [0, 0.1) is 0 Å². The predicted octanol–water partition coefficient (Wildman–Crippen LogP) is 3.82. The van der Waals surface area contributed by atoms with Gasteiger partial charge in [-0.1, -0.05) is 0 Å². The average molecular weight is 800 g/mol. The Morgan fingerprint density at radius 3 is 1.96 bits per heavy atom. The van der Waals surface area contributed by atoms with E-state index in [0.717, 1.165) is 4.90 Å². The van der Waals surface area contributed by atoms with Crippen molar-refractivity contribution in [3.8, 4) is 23.0 Å². The summed E-state index contributed by atoms with van der Waals surface area (Å²) in [6, 6.07) is 4.76. The van der Waals surface area contributed by atoms with Crippen LogP contribution in [0.3, 0.4) is 0 Å².